The minimum atomic E-state index is -4.52. The van der Waals surface area contributed by atoms with Crippen molar-refractivity contribution in [3.05, 3.63) is 75.3 Å². The number of ether oxygens (including phenoxy) is 1. The number of nitrogens with one attached hydrogen (secondary N) is 1. The number of anilines is 1. The van der Waals surface area contributed by atoms with Gasteiger partial charge in [0.1, 0.15) is 10.8 Å². The van der Waals surface area contributed by atoms with E-state index in [1.807, 2.05) is 31.2 Å². The summed E-state index contributed by atoms with van der Waals surface area (Å²) in [6, 6.07) is 9.19. The molecule has 0 saturated heterocycles. The molecule has 1 N–H and O–H groups in total. The smallest absolute Gasteiger partial charge is 0.417 e. The molecule has 0 aliphatic rings. The second-order valence-electron chi connectivity index (χ2n) is 6.37. The average Bonchev–Trinajstić information content (AvgIpc) is 2.74. The molecule has 1 atom stereocenters. The Hall–Kier alpha value is -3.07. The van der Waals surface area contributed by atoms with Gasteiger partial charge in [0.2, 0.25) is 0 Å². The zero-order chi connectivity index (χ0) is 21.9. The number of aromatic nitrogens is 3. The third kappa shape index (κ3) is 4.56. The quantitative estimate of drug-likeness (QED) is 0.594. The lowest BCUT2D eigenvalue weighted by atomic mass is 10.0. The molecule has 30 heavy (non-hydrogen) atoms. The molecule has 0 saturated carbocycles. The standard InChI is InChI=1S/C20H18ClF3N4O2/c1-3-15(12-4-7-14(30-2)8-5-12)27-16-11-26-28(19(29)18(16)21)17-9-6-13(10-25-17)20(22,23)24/h4-11,15,27H,3H2,1-2H3. The fourth-order valence-corrected chi connectivity index (χ4v) is 3.00. The van der Waals surface area contributed by atoms with Gasteiger partial charge in [-0.3, -0.25) is 4.79 Å². The molecule has 0 bridgehead atoms. The summed E-state index contributed by atoms with van der Waals surface area (Å²) in [5.74, 6) is 0.656. The van der Waals surface area contributed by atoms with Gasteiger partial charge in [-0.15, -0.1) is 0 Å². The van der Waals surface area contributed by atoms with Crippen LogP contribution < -0.4 is 15.6 Å². The molecule has 0 radical (unpaired) electrons. The van der Waals surface area contributed by atoms with E-state index < -0.39 is 17.3 Å². The molecule has 0 fully saturated rings. The maximum absolute atomic E-state index is 12.7. The first kappa shape index (κ1) is 21.6. The Morgan fingerprint density at radius 3 is 2.40 bits per heavy atom. The molecule has 1 aromatic carbocycles. The van der Waals surface area contributed by atoms with Gasteiger partial charge in [0.05, 0.1) is 30.6 Å². The van der Waals surface area contributed by atoms with Crippen LogP contribution in [0.25, 0.3) is 5.82 Å². The lowest BCUT2D eigenvalue weighted by Gasteiger charge is -2.20. The third-order valence-corrected chi connectivity index (χ3v) is 4.83. The minimum absolute atomic E-state index is 0.0661. The highest BCUT2D eigenvalue weighted by Gasteiger charge is 2.30. The van der Waals surface area contributed by atoms with E-state index in [1.54, 1.807) is 7.11 Å². The van der Waals surface area contributed by atoms with E-state index in [4.69, 9.17) is 16.3 Å². The Labute approximate surface area is 175 Å². The molecule has 2 aromatic heterocycles. The zero-order valence-corrected chi connectivity index (χ0v) is 16.8. The first-order valence-electron chi connectivity index (χ1n) is 8.96. The highest BCUT2D eigenvalue weighted by atomic mass is 35.5. The highest BCUT2D eigenvalue weighted by Crippen LogP contribution is 2.29. The van der Waals surface area contributed by atoms with Crippen molar-refractivity contribution in [2.24, 2.45) is 0 Å². The fraction of sp³-hybridized carbons (Fsp3) is 0.250. The van der Waals surface area contributed by atoms with Gasteiger partial charge in [-0.05, 0) is 36.2 Å². The minimum Gasteiger partial charge on any atom is -0.497 e. The normalized spacial score (nSPS) is 12.5. The first-order chi connectivity index (χ1) is 14.2. The number of benzene rings is 1. The van der Waals surface area contributed by atoms with E-state index >= 15 is 0 Å². The van der Waals surface area contributed by atoms with Gasteiger partial charge in [0, 0.05) is 6.20 Å². The van der Waals surface area contributed by atoms with Crippen LogP contribution in [0.4, 0.5) is 18.9 Å². The van der Waals surface area contributed by atoms with Crippen LogP contribution in [-0.2, 0) is 6.18 Å². The van der Waals surface area contributed by atoms with Crippen LogP contribution in [0.3, 0.4) is 0 Å². The molecule has 10 heteroatoms. The summed E-state index contributed by atoms with van der Waals surface area (Å²) in [5.41, 5.74) is -0.345. The molecule has 0 spiro atoms. The van der Waals surface area contributed by atoms with Crippen molar-refractivity contribution in [3.8, 4) is 11.6 Å². The monoisotopic (exact) mass is 438 g/mol. The van der Waals surface area contributed by atoms with Crippen molar-refractivity contribution >= 4 is 17.3 Å². The Morgan fingerprint density at radius 2 is 1.87 bits per heavy atom. The van der Waals surface area contributed by atoms with E-state index in [2.05, 4.69) is 15.4 Å². The van der Waals surface area contributed by atoms with Gasteiger partial charge in [0.25, 0.3) is 5.56 Å². The molecule has 158 valence electrons. The van der Waals surface area contributed by atoms with Gasteiger partial charge in [-0.1, -0.05) is 30.7 Å². The lowest BCUT2D eigenvalue weighted by molar-refractivity contribution is -0.137. The molecule has 3 aromatic rings. The SMILES string of the molecule is CCC(Nc1cnn(-c2ccc(C(F)(F)F)cn2)c(=O)c1Cl)c1ccc(OC)cc1. The topological polar surface area (TPSA) is 69.0 Å². The van der Waals surface area contributed by atoms with Gasteiger partial charge in [-0.2, -0.15) is 23.0 Å². The maximum Gasteiger partial charge on any atom is 0.417 e. The summed E-state index contributed by atoms with van der Waals surface area (Å²) in [6.07, 6.45) is -1.84. The summed E-state index contributed by atoms with van der Waals surface area (Å²) >= 11 is 6.22. The summed E-state index contributed by atoms with van der Waals surface area (Å²) in [4.78, 5) is 16.3. The average molecular weight is 439 g/mol. The second-order valence-corrected chi connectivity index (χ2v) is 6.75. The van der Waals surface area contributed by atoms with E-state index in [0.717, 1.165) is 28.1 Å². The van der Waals surface area contributed by atoms with Crippen LogP contribution >= 0.6 is 11.6 Å². The van der Waals surface area contributed by atoms with Crippen LogP contribution in [0.15, 0.2) is 53.6 Å². The Morgan fingerprint density at radius 1 is 1.17 bits per heavy atom. The van der Waals surface area contributed by atoms with Crippen molar-refractivity contribution < 1.29 is 17.9 Å². The fourth-order valence-electron chi connectivity index (χ4n) is 2.82. The second kappa shape index (κ2) is 8.74. The van der Waals surface area contributed by atoms with Crippen LogP contribution in [-0.4, -0.2) is 21.9 Å². The van der Waals surface area contributed by atoms with Crippen molar-refractivity contribution in [2.45, 2.75) is 25.6 Å². The Bertz CT molecular complexity index is 1070. The maximum atomic E-state index is 12.7. The number of hydrogen-bond donors (Lipinski definition) is 1. The van der Waals surface area contributed by atoms with Crippen molar-refractivity contribution in [3.63, 3.8) is 0 Å². The Balaban J connectivity index is 1.87. The van der Waals surface area contributed by atoms with E-state index in [-0.39, 0.29) is 16.9 Å². The molecular formula is C20H18ClF3N4O2. The summed E-state index contributed by atoms with van der Waals surface area (Å²) in [6.45, 7) is 1.97. The lowest BCUT2D eigenvalue weighted by Crippen LogP contribution is -2.24. The van der Waals surface area contributed by atoms with Crippen LogP contribution in [0.1, 0.15) is 30.5 Å². The first-order valence-corrected chi connectivity index (χ1v) is 9.34. The van der Waals surface area contributed by atoms with Crippen molar-refractivity contribution in [1.29, 1.82) is 0 Å². The summed E-state index contributed by atoms with van der Waals surface area (Å²) in [5, 5.41) is 7.04. The molecule has 2 heterocycles. The number of alkyl halides is 3. The van der Waals surface area contributed by atoms with E-state index in [0.29, 0.717) is 18.3 Å². The molecule has 0 aliphatic carbocycles. The predicted octanol–water partition coefficient (Wildman–Crippen LogP) is 4.87. The van der Waals surface area contributed by atoms with Gasteiger partial charge < -0.3 is 10.1 Å². The summed E-state index contributed by atoms with van der Waals surface area (Å²) in [7, 11) is 1.58. The molecule has 0 aliphatic heterocycles. The molecule has 3 rings (SSSR count). The number of methoxy groups -OCH3 is 1. The number of pyridine rings is 1. The summed E-state index contributed by atoms with van der Waals surface area (Å²) < 4.78 is 44.1. The van der Waals surface area contributed by atoms with Crippen LogP contribution in [0, 0.1) is 0 Å². The zero-order valence-electron chi connectivity index (χ0n) is 16.1. The van der Waals surface area contributed by atoms with Crippen molar-refractivity contribution in [1.82, 2.24) is 14.8 Å². The number of halogens is 4. The number of nitrogens with zero attached hydrogens (tertiary/aromatic N) is 3. The third-order valence-electron chi connectivity index (χ3n) is 4.47. The predicted molar refractivity (Wildman–Crippen MR) is 107 cm³/mol. The highest BCUT2D eigenvalue weighted by molar-refractivity contribution is 6.32. The number of rotatable bonds is 6. The van der Waals surface area contributed by atoms with E-state index in [1.165, 1.54) is 6.20 Å². The van der Waals surface area contributed by atoms with Crippen LogP contribution in [0.5, 0.6) is 5.75 Å². The van der Waals surface area contributed by atoms with Gasteiger partial charge in [-0.25, -0.2) is 4.98 Å². The van der Waals surface area contributed by atoms with Crippen LogP contribution in [0.2, 0.25) is 5.02 Å². The molecule has 1 unspecified atom stereocenters. The van der Waals surface area contributed by atoms with Gasteiger partial charge in [0.15, 0.2) is 5.82 Å². The Kier molecular flexibility index (Phi) is 6.31. The molecule has 6 nitrogen and oxygen atoms in total. The van der Waals surface area contributed by atoms with Crippen molar-refractivity contribution in [2.75, 3.05) is 12.4 Å². The molecule has 0 amide bonds. The largest absolute Gasteiger partial charge is 0.497 e. The van der Waals surface area contributed by atoms with E-state index in [9.17, 15) is 18.0 Å². The van der Waals surface area contributed by atoms with Gasteiger partial charge >= 0.3 is 6.18 Å². The molecular weight excluding hydrogens is 421 g/mol. The number of hydrogen-bond acceptors (Lipinski definition) is 5.